The van der Waals surface area contributed by atoms with Crippen molar-refractivity contribution in [2.45, 2.75) is 32.0 Å². The minimum atomic E-state index is -4.80. The Hall–Kier alpha value is -4.88. The first kappa shape index (κ1) is 28.7. The highest BCUT2D eigenvalue weighted by atomic mass is 19.4. The maximum absolute atomic E-state index is 12.5. The third-order valence-corrected chi connectivity index (χ3v) is 5.16. The number of nitrogens with two attached hydrogens (primary N) is 1. The molecule has 2 heterocycles. The summed E-state index contributed by atoms with van der Waals surface area (Å²) in [6.07, 6.45) is 0.0626. The van der Waals surface area contributed by atoms with Crippen LogP contribution in [0.4, 0.5) is 19.0 Å². The van der Waals surface area contributed by atoms with Gasteiger partial charge in [-0.05, 0) is 66.8 Å². The third-order valence-electron chi connectivity index (χ3n) is 5.16. The molecule has 0 aliphatic heterocycles. The number of ether oxygens (including phenoxy) is 1. The molecular weight excluding hydrogens is 517 g/mol. The summed E-state index contributed by atoms with van der Waals surface area (Å²) in [5.41, 5.74) is 13.9. The number of benzene rings is 1. The Morgan fingerprint density at radius 2 is 1.85 bits per heavy atom. The van der Waals surface area contributed by atoms with Crippen LogP contribution in [0.15, 0.2) is 71.7 Å². The van der Waals surface area contributed by atoms with Gasteiger partial charge in [0.25, 0.3) is 5.91 Å². The van der Waals surface area contributed by atoms with E-state index >= 15 is 0 Å². The number of carbonyl (C=O) groups excluding carboxylic acids is 2. The Labute approximate surface area is 221 Å². The van der Waals surface area contributed by atoms with E-state index in [4.69, 9.17) is 11.3 Å². The number of hydrogen-bond acceptors (Lipinski definition) is 9. The molecule has 3 aromatic rings. The second-order valence-corrected chi connectivity index (χ2v) is 8.16. The Bertz CT molecular complexity index is 1330. The summed E-state index contributed by atoms with van der Waals surface area (Å²) in [7, 11) is 0. The Kier molecular flexibility index (Phi) is 10.0. The maximum atomic E-state index is 12.5. The summed E-state index contributed by atoms with van der Waals surface area (Å²) in [6.45, 7) is 0.551. The second-order valence-electron chi connectivity index (χ2n) is 8.16. The van der Waals surface area contributed by atoms with Crippen LogP contribution in [0.3, 0.4) is 0 Å². The molecule has 2 aromatic heterocycles. The number of rotatable bonds is 13. The summed E-state index contributed by atoms with van der Waals surface area (Å²) in [4.78, 5) is 27.6. The van der Waals surface area contributed by atoms with Crippen LogP contribution in [0.25, 0.3) is 11.1 Å². The maximum Gasteiger partial charge on any atom is 0.573 e. The average Bonchev–Trinajstić information content (AvgIpc) is 2.88. The minimum absolute atomic E-state index is 0.0809. The van der Waals surface area contributed by atoms with Crippen LogP contribution in [0.1, 0.15) is 24.2 Å². The predicted molar refractivity (Wildman–Crippen MR) is 134 cm³/mol. The van der Waals surface area contributed by atoms with E-state index < -0.39 is 12.3 Å². The number of halogens is 3. The Balaban J connectivity index is 1.48. The van der Waals surface area contributed by atoms with Crippen LogP contribution in [0.2, 0.25) is 0 Å². The molecule has 0 unspecified atom stereocenters. The van der Waals surface area contributed by atoms with Crippen molar-refractivity contribution in [2.24, 2.45) is 10.8 Å². The number of unbranched alkanes of at least 4 members (excludes halogenated alkanes) is 1. The van der Waals surface area contributed by atoms with E-state index in [0.717, 1.165) is 18.5 Å². The van der Waals surface area contributed by atoms with E-state index in [0.29, 0.717) is 29.8 Å². The van der Waals surface area contributed by atoms with Gasteiger partial charge in [-0.2, -0.15) is 10.2 Å². The molecule has 0 aliphatic carbocycles. The number of pyridine rings is 1. The number of nitrogens with one attached hydrogen (secondary N) is 3. The normalized spacial score (nSPS) is 11.5. The number of anilines is 1. The van der Waals surface area contributed by atoms with Crippen molar-refractivity contribution in [3.8, 4) is 16.9 Å². The molecule has 0 aliphatic rings. The van der Waals surface area contributed by atoms with Crippen molar-refractivity contribution < 1.29 is 27.5 Å². The quantitative estimate of drug-likeness (QED) is 0.144. The summed E-state index contributed by atoms with van der Waals surface area (Å²) < 4.78 is 41.5. The number of primary amides is 1. The fourth-order valence-electron chi connectivity index (χ4n) is 3.40. The van der Waals surface area contributed by atoms with Crippen LogP contribution in [0.5, 0.6) is 5.75 Å². The number of aromatic nitrogens is 3. The largest absolute Gasteiger partial charge is 0.573 e. The molecule has 14 heteroatoms. The molecule has 0 fully saturated rings. The van der Waals surface area contributed by atoms with Gasteiger partial charge in [-0.3, -0.25) is 14.6 Å². The van der Waals surface area contributed by atoms with Crippen molar-refractivity contribution in [3.05, 3.63) is 78.0 Å². The molecule has 0 radical (unpaired) electrons. The van der Waals surface area contributed by atoms with Gasteiger partial charge in [-0.25, -0.2) is 5.53 Å². The van der Waals surface area contributed by atoms with Gasteiger partial charge in [0.05, 0.1) is 17.8 Å². The molecule has 0 atom stereocenters. The van der Waals surface area contributed by atoms with Crippen molar-refractivity contribution >= 4 is 17.6 Å². The zero-order valence-electron chi connectivity index (χ0n) is 20.5. The molecule has 5 N–H and O–H groups in total. The fraction of sp³-hybridized carbons (Fsp3) is 0.240. The lowest BCUT2D eigenvalue weighted by Gasteiger charge is -2.10. The summed E-state index contributed by atoms with van der Waals surface area (Å²) >= 11 is 0. The van der Waals surface area contributed by atoms with Crippen LogP contribution in [-0.2, 0) is 22.4 Å². The van der Waals surface area contributed by atoms with Crippen LogP contribution in [-0.4, -0.2) is 39.9 Å². The lowest BCUT2D eigenvalue weighted by atomic mass is 10.1. The van der Waals surface area contributed by atoms with Gasteiger partial charge in [0.1, 0.15) is 5.75 Å². The third kappa shape index (κ3) is 9.83. The van der Waals surface area contributed by atoms with Gasteiger partial charge in [0, 0.05) is 18.9 Å². The smallest absolute Gasteiger partial charge is 0.406 e. The molecule has 2 amide bonds. The zero-order valence-corrected chi connectivity index (χ0v) is 20.5. The first-order chi connectivity index (χ1) is 18.6. The van der Waals surface area contributed by atoms with E-state index in [-0.39, 0.29) is 29.6 Å². The molecule has 0 bridgehead atoms. The van der Waals surface area contributed by atoms with Gasteiger partial charge in [-0.15, -0.1) is 18.3 Å². The van der Waals surface area contributed by atoms with Crippen molar-refractivity contribution in [1.29, 1.82) is 5.53 Å². The predicted octanol–water partition coefficient (Wildman–Crippen LogP) is 3.89. The number of alkyl halides is 3. The molecular formula is C25H25F3N8O3. The number of hydrogen-bond donors (Lipinski definition) is 4. The molecule has 0 spiro atoms. The highest BCUT2D eigenvalue weighted by molar-refractivity contribution is 5.91. The first-order valence-electron chi connectivity index (χ1n) is 11.7. The molecule has 0 saturated heterocycles. The SMILES string of the molecule is N=N/C(=C\NCCCCc1ccc(NC(=O)Cc2cc(-c3cccc(OC(F)(F)F)c3)ccn2)nn1)C(N)=O. The number of carbonyl (C=O) groups is 2. The van der Waals surface area contributed by atoms with Crippen molar-refractivity contribution in [2.75, 3.05) is 11.9 Å². The van der Waals surface area contributed by atoms with E-state index in [9.17, 15) is 22.8 Å². The number of aryl methyl sites for hydroxylation is 1. The van der Waals surface area contributed by atoms with E-state index in [1.807, 2.05) is 0 Å². The van der Waals surface area contributed by atoms with Crippen LogP contribution < -0.4 is 21.1 Å². The highest BCUT2D eigenvalue weighted by Gasteiger charge is 2.31. The Morgan fingerprint density at radius 3 is 2.54 bits per heavy atom. The Morgan fingerprint density at radius 1 is 1.05 bits per heavy atom. The monoisotopic (exact) mass is 542 g/mol. The molecule has 1 aromatic carbocycles. The molecule has 204 valence electrons. The van der Waals surface area contributed by atoms with Crippen molar-refractivity contribution in [1.82, 2.24) is 20.5 Å². The van der Waals surface area contributed by atoms with Gasteiger partial charge >= 0.3 is 6.36 Å². The van der Waals surface area contributed by atoms with Crippen molar-refractivity contribution in [3.63, 3.8) is 0 Å². The standard InChI is InChI=1S/C25H25F3N8O3/c26-25(27,28)39-20-6-3-4-16(13-20)17-9-11-32-19(12-17)14-23(37)33-22-8-7-18(35-36-22)5-1-2-10-31-15-21(34-30)24(29)38/h3-4,6-9,11-13,15,30-31H,1-2,5,10,14H2,(H2,29,38)(H,33,36,37)/b21-15-,34-30?. The summed E-state index contributed by atoms with van der Waals surface area (Å²) in [6, 6.07) is 12.1. The van der Waals surface area contributed by atoms with E-state index in [2.05, 4.69) is 35.7 Å². The summed E-state index contributed by atoms with van der Waals surface area (Å²) in [5, 5.41) is 16.6. The van der Waals surface area contributed by atoms with E-state index in [1.54, 1.807) is 30.3 Å². The molecule has 3 rings (SSSR count). The lowest BCUT2D eigenvalue weighted by Crippen LogP contribution is -2.17. The van der Waals surface area contributed by atoms with Crippen LogP contribution >= 0.6 is 0 Å². The van der Waals surface area contributed by atoms with Gasteiger partial charge in [0.2, 0.25) is 5.91 Å². The van der Waals surface area contributed by atoms with Crippen LogP contribution in [0, 0.1) is 5.53 Å². The number of nitrogens with zero attached hydrogens (tertiary/aromatic N) is 4. The lowest BCUT2D eigenvalue weighted by molar-refractivity contribution is -0.274. The molecule has 11 nitrogen and oxygen atoms in total. The van der Waals surface area contributed by atoms with Gasteiger partial charge in [-0.1, -0.05) is 12.1 Å². The zero-order chi connectivity index (χ0) is 28.3. The first-order valence-corrected chi connectivity index (χ1v) is 11.7. The van der Waals surface area contributed by atoms with E-state index in [1.165, 1.54) is 30.6 Å². The highest BCUT2D eigenvalue weighted by Crippen LogP contribution is 2.28. The second kappa shape index (κ2) is 13.6. The number of amides is 2. The summed E-state index contributed by atoms with van der Waals surface area (Å²) in [5.74, 6) is -1.25. The minimum Gasteiger partial charge on any atom is -0.406 e. The topological polar surface area (TPSA) is 168 Å². The van der Waals surface area contributed by atoms with Gasteiger partial charge < -0.3 is 21.1 Å². The average molecular weight is 543 g/mol. The molecule has 0 saturated carbocycles. The fourth-order valence-corrected chi connectivity index (χ4v) is 3.40. The van der Waals surface area contributed by atoms with Gasteiger partial charge in [0.15, 0.2) is 11.5 Å². The molecule has 39 heavy (non-hydrogen) atoms.